The van der Waals surface area contributed by atoms with Gasteiger partial charge in [-0.3, -0.25) is 4.90 Å². The van der Waals surface area contributed by atoms with E-state index in [1.807, 2.05) is 12.1 Å². The second kappa shape index (κ2) is 7.05. The van der Waals surface area contributed by atoms with Gasteiger partial charge in [0.2, 0.25) is 0 Å². The molecule has 3 heteroatoms. The number of piperidine rings is 1. The quantitative estimate of drug-likeness (QED) is 0.888. The maximum absolute atomic E-state index is 9.93. The minimum atomic E-state index is 0.119. The van der Waals surface area contributed by atoms with Crippen molar-refractivity contribution in [1.82, 2.24) is 10.2 Å². The molecule has 0 saturated carbocycles. The number of aromatic hydroxyl groups is 1. The molecular formula is C23H30N2O. The van der Waals surface area contributed by atoms with Gasteiger partial charge in [0.1, 0.15) is 5.75 Å². The Bertz CT molecular complexity index is 747. The zero-order valence-corrected chi connectivity index (χ0v) is 15.9. The van der Waals surface area contributed by atoms with Crippen molar-refractivity contribution in [2.45, 2.75) is 44.2 Å². The van der Waals surface area contributed by atoms with E-state index >= 15 is 0 Å². The molecule has 0 amide bonds. The number of nitrogens with zero attached hydrogens (tertiary/aromatic N) is 1. The average Bonchev–Trinajstić information content (AvgIpc) is 2.64. The maximum atomic E-state index is 9.93. The number of hydrogen-bond acceptors (Lipinski definition) is 3. The van der Waals surface area contributed by atoms with Crippen LogP contribution in [-0.4, -0.2) is 41.7 Å². The van der Waals surface area contributed by atoms with Crippen molar-refractivity contribution in [3.63, 3.8) is 0 Å². The second-order valence-corrected chi connectivity index (χ2v) is 8.48. The van der Waals surface area contributed by atoms with Crippen LogP contribution in [0.4, 0.5) is 0 Å². The van der Waals surface area contributed by atoms with E-state index in [0.717, 1.165) is 32.5 Å². The van der Waals surface area contributed by atoms with Crippen molar-refractivity contribution in [2.24, 2.45) is 5.92 Å². The zero-order chi connectivity index (χ0) is 18.1. The lowest BCUT2D eigenvalue weighted by Crippen LogP contribution is -2.63. The molecule has 2 heterocycles. The highest BCUT2D eigenvalue weighted by Crippen LogP contribution is 2.43. The number of fused-ring (bicyclic) bond motifs is 1. The number of rotatable bonds is 3. The molecule has 2 fully saturated rings. The fraction of sp³-hybridized carbons (Fsp3) is 0.478. The lowest BCUT2D eigenvalue weighted by molar-refractivity contribution is 0.0245. The molecule has 2 aromatic carbocycles. The Morgan fingerprint density at radius 2 is 1.92 bits per heavy atom. The number of piperazine rings is 1. The first-order valence-corrected chi connectivity index (χ1v) is 9.85. The van der Waals surface area contributed by atoms with E-state index in [1.165, 1.54) is 11.1 Å². The van der Waals surface area contributed by atoms with E-state index in [1.54, 1.807) is 6.07 Å². The Morgan fingerprint density at radius 1 is 1.12 bits per heavy atom. The Kier molecular flexibility index (Phi) is 4.76. The molecule has 26 heavy (non-hydrogen) atoms. The van der Waals surface area contributed by atoms with Crippen LogP contribution in [0.2, 0.25) is 0 Å². The minimum Gasteiger partial charge on any atom is -0.508 e. The lowest BCUT2D eigenvalue weighted by atomic mass is 9.65. The van der Waals surface area contributed by atoms with Crippen molar-refractivity contribution in [3.8, 4) is 5.75 Å². The van der Waals surface area contributed by atoms with Gasteiger partial charge in [-0.15, -0.1) is 0 Å². The van der Waals surface area contributed by atoms with Gasteiger partial charge in [0, 0.05) is 31.7 Å². The summed E-state index contributed by atoms with van der Waals surface area (Å²) in [5.41, 5.74) is 2.81. The van der Waals surface area contributed by atoms with Gasteiger partial charge in [0.15, 0.2) is 0 Å². The van der Waals surface area contributed by atoms with E-state index in [2.05, 4.69) is 60.5 Å². The molecular weight excluding hydrogens is 320 g/mol. The summed E-state index contributed by atoms with van der Waals surface area (Å²) in [4.78, 5) is 2.69. The normalized spacial score (nSPS) is 32.2. The van der Waals surface area contributed by atoms with Crippen LogP contribution in [0.5, 0.6) is 5.75 Å². The van der Waals surface area contributed by atoms with Crippen LogP contribution in [0.25, 0.3) is 0 Å². The van der Waals surface area contributed by atoms with Crippen molar-refractivity contribution in [1.29, 1.82) is 0 Å². The number of hydrogen-bond donors (Lipinski definition) is 2. The van der Waals surface area contributed by atoms with Gasteiger partial charge in [-0.05, 0) is 47.4 Å². The molecule has 138 valence electrons. The van der Waals surface area contributed by atoms with Crippen LogP contribution < -0.4 is 5.32 Å². The summed E-state index contributed by atoms with van der Waals surface area (Å²) in [6, 6.07) is 19.8. The highest BCUT2D eigenvalue weighted by atomic mass is 16.3. The molecule has 4 atom stereocenters. The molecule has 0 unspecified atom stereocenters. The van der Waals surface area contributed by atoms with E-state index < -0.39 is 0 Å². The molecule has 0 aromatic heterocycles. The summed E-state index contributed by atoms with van der Waals surface area (Å²) < 4.78 is 0. The Hall–Kier alpha value is -1.84. The summed E-state index contributed by atoms with van der Waals surface area (Å²) in [5.74, 6) is 0.944. The van der Waals surface area contributed by atoms with Gasteiger partial charge in [-0.2, -0.15) is 0 Å². The highest BCUT2D eigenvalue weighted by molar-refractivity contribution is 5.34. The van der Waals surface area contributed by atoms with Crippen LogP contribution in [0.1, 0.15) is 31.4 Å². The lowest BCUT2D eigenvalue weighted by Gasteiger charge is -2.53. The first-order valence-electron chi connectivity index (χ1n) is 9.85. The van der Waals surface area contributed by atoms with E-state index in [-0.39, 0.29) is 5.41 Å². The predicted molar refractivity (Wildman–Crippen MR) is 107 cm³/mol. The summed E-state index contributed by atoms with van der Waals surface area (Å²) in [6.45, 7) is 8.05. The number of benzene rings is 2. The summed E-state index contributed by atoms with van der Waals surface area (Å²) >= 11 is 0. The first-order chi connectivity index (χ1) is 12.5. The van der Waals surface area contributed by atoms with Crippen LogP contribution >= 0.6 is 0 Å². The fourth-order valence-electron chi connectivity index (χ4n) is 4.90. The molecule has 2 aromatic rings. The molecule has 2 aliphatic heterocycles. The third kappa shape index (κ3) is 3.38. The number of nitrogens with one attached hydrogen (secondary N) is 1. The molecule has 2 saturated heterocycles. The number of phenolic OH excluding ortho intramolecular Hbond substituents is 1. The van der Waals surface area contributed by atoms with Gasteiger partial charge >= 0.3 is 0 Å². The molecule has 0 aliphatic carbocycles. The highest BCUT2D eigenvalue weighted by Gasteiger charge is 2.44. The van der Waals surface area contributed by atoms with Crippen LogP contribution in [0.15, 0.2) is 54.6 Å². The van der Waals surface area contributed by atoms with Gasteiger partial charge in [0.05, 0.1) is 0 Å². The van der Waals surface area contributed by atoms with Crippen LogP contribution in [-0.2, 0) is 11.8 Å². The Labute approximate surface area is 157 Å². The van der Waals surface area contributed by atoms with Crippen LogP contribution in [0, 0.1) is 5.92 Å². The molecule has 3 nitrogen and oxygen atoms in total. The van der Waals surface area contributed by atoms with E-state index in [0.29, 0.717) is 23.8 Å². The summed E-state index contributed by atoms with van der Waals surface area (Å²) in [5, 5.41) is 13.7. The monoisotopic (exact) mass is 350 g/mol. The predicted octanol–water partition coefficient (Wildman–Crippen LogP) is 3.57. The second-order valence-electron chi connectivity index (χ2n) is 8.48. The topological polar surface area (TPSA) is 35.5 Å². The third-order valence-corrected chi connectivity index (χ3v) is 6.70. The molecule has 0 radical (unpaired) electrons. The van der Waals surface area contributed by atoms with Crippen molar-refractivity contribution in [2.75, 3.05) is 19.6 Å². The maximum Gasteiger partial charge on any atom is 0.115 e. The molecule has 2 N–H and O–H groups in total. The van der Waals surface area contributed by atoms with Crippen molar-refractivity contribution in [3.05, 3.63) is 65.7 Å². The van der Waals surface area contributed by atoms with E-state index in [9.17, 15) is 5.11 Å². The molecule has 0 spiro atoms. The van der Waals surface area contributed by atoms with Gasteiger partial charge in [0.25, 0.3) is 0 Å². The summed E-state index contributed by atoms with van der Waals surface area (Å²) in [6.07, 6.45) is 2.24. The van der Waals surface area contributed by atoms with Gasteiger partial charge < -0.3 is 10.4 Å². The van der Waals surface area contributed by atoms with Crippen molar-refractivity contribution >= 4 is 0 Å². The zero-order valence-electron chi connectivity index (χ0n) is 15.9. The SMILES string of the molecule is C[C@H]1CN2C[C@H](Cc3ccccc3)NC[C@@H]2C[C@@]1(C)c1cccc(O)c1. The van der Waals surface area contributed by atoms with Crippen LogP contribution in [0.3, 0.4) is 0 Å². The summed E-state index contributed by atoms with van der Waals surface area (Å²) in [7, 11) is 0. The standard InChI is InChI=1S/C23H30N2O/c1-17-15-25-16-20(11-18-7-4-3-5-8-18)24-14-21(25)13-23(17,2)19-9-6-10-22(26)12-19/h3-10,12,17,20-21,24,26H,11,13-16H2,1-2H3/t17-,20-,21-,23+/m0/s1. The van der Waals surface area contributed by atoms with Gasteiger partial charge in [-0.25, -0.2) is 0 Å². The number of phenols is 1. The fourth-order valence-corrected chi connectivity index (χ4v) is 4.90. The Morgan fingerprint density at radius 3 is 2.69 bits per heavy atom. The molecule has 4 rings (SSSR count). The third-order valence-electron chi connectivity index (χ3n) is 6.70. The largest absolute Gasteiger partial charge is 0.508 e. The smallest absolute Gasteiger partial charge is 0.115 e. The van der Waals surface area contributed by atoms with Crippen molar-refractivity contribution < 1.29 is 5.11 Å². The van der Waals surface area contributed by atoms with Gasteiger partial charge in [-0.1, -0.05) is 56.3 Å². The molecule has 0 bridgehead atoms. The first kappa shape index (κ1) is 17.6. The average molecular weight is 351 g/mol. The minimum absolute atomic E-state index is 0.119. The molecule has 2 aliphatic rings. The Balaban J connectivity index is 1.46. The van der Waals surface area contributed by atoms with E-state index in [4.69, 9.17) is 0 Å².